The van der Waals surface area contributed by atoms with E-state index in [1.807, 2.05) is 6.07 Å². The van der Waals surface area contributed by atoms with Crippen molar-refractivity contribution in [2.75, 3.05) is 33.4 Å². The Bertz CT molecular complexity index is 499. The molecule has 2 rings (SSSR count). The van der Waals surface area contributed by atoms with Crippen LogP contribution in [0.2, 0.25) is 10.0 Å². The third kappa shape index (κ3) is 4.56. The highest BCUT2D eigenvalue weighted by atomic mass is 35.5. The molecular formula is C14H18Cl2N2O3. The zero-order chi connectivity index (χ0) is 15.2. The first kappa shape index (κ1) is 16.5. The van der Waals surface area contributed by atoms with Crippen LogP contribution in [0.1, 0.15) is 11.7 Å². The van der Waals surface area contributed by atoms with Gasteiger partial charge in [0.15, 0.2) is 0 Å². The second-order valence-electron chi connectivity index (χ2n) is 4.78. The number of amides is 1. The van der Waals surface area contributed by atoms with Crippen molar-refractivity contribution in [3.63, 3.8) is 0 Å². The van der Waals surface area contributed by atoms with Crippen molar-refractivity contribution in [1.29, 1.82) is 0 Å². The fourth-order valence-electron chi connectivity index (χ4n) is 2.26. The van der Waals surface area contributed by atoms with E-state index in [2.05, 4.69) is 10.6 Å². The van der Waals surface area contributed by atoms with Gasteiger partial charge in [0, 0.05) is 20.2 Å². The summed E-state index contributed by atoms with van der Waals surface area (Å²) in [6.45, 7) is 1.92. The minimum atomic E-state index is -0.282. The number of ether oxygens (including phenoxy) is 2. The van der Waals surface area contributed by atoms with Crippen LogP contribution in [0.25, 0.3) is 0 Å². The van der Waals surface area contributed by atoms with Gasteiger partial charge in [-0.05, 0) is 17.7 Å². The van der Waals surface area contributed by atoms with Crippen LogP contribution in [0.15, 0.2) is 18.2 Å². The molecule has 0 saturated carbocycles. The molecule has 1 aliphatic heterocycles. The number of carbonyl (C=O) groups excluding carboxylic acids is 1. The Hall–Kier alpha value is -0.850. The largest absolute Gasteiger partial charge is 0.375 e. The molecule has 0 aromatic heterocycles. The summed E-state index contributed by atoms with van der Waals surface area (Å²) in [5.41, 5.74) is 0.885. The molecule has 2 N–H and O–H groups in total. The van der Waals surface area contributed by atoms with Crippen LogP contribution in [-0.4, -0.2) is 45.4 Å². The average Bonchev–Trinajstić information content (AvgIpc) is 2.68. The summed E-state index contributed by atoms with van der Waals surface area (Å²) in [6, 6.07) is 5.16. The van der Waals surface area contributed by atoms with Crippen molar-refractivity contribution in [3.05, 3.63) is 33.8 Å². The first-order valence-corrected chi connectivity index (χ1v) is 7.43. The summed E-state index contributed by atoms with van der Waals surface area (Å²) in [6.07, 6.45) is -0.282. The highest BCUT2D eigenvalue weighted by molar-refractivity contribution is 6.42. The van der Waals surface area contributed by atoms with Crippen LogP contribution in [0.5, 0.6) is 0 Å². The molecule has 0 spiro atoms. The van der Waals surface area contributed by atoms with Crippen molar-refractivity contribution in [3.8, 4) is 0 Å². The lowest BCUT2D eigenvalue weighted by Gasteiger charge is -2.26. The summed E-state index contributed by atoms with van der Waals surface area (Å²) < 4.78 is 10.7. The summed E-state index contributed by atoms with van der Waals surface area (Å²) >= 11 is 12.0. The second-order valence-corrected chi connectivity index (χ2v) is 5.59. The molecule has 7 heteroatoms. The van der Waals surface area contributed by atoms with Gasteiger partial charge in [-0.3, -0.25) is 4.79 Å². The Morgan fingerprint density at radius 2 is 2.29 bits per heavy atom. The topological polar surface area (TPSA) is 59.6 Å². The van der Waals surface area contributed by atoms with E-state index in [0.717, 1.165) is 12.1 Å². The summed E-state index contributed by atoms with van der Waals surface area (Å²) in [5, 5.41) is 7.11. The number of nitrogens with one attached hydrogen (secondary N) is 2. The first-order valence-electron chi connectivity index (χ1n) is 6.67. The quantitative estimate of drug-likeness (QED) is 0.882. The molecular weight excluding hydrogens is 315 g/mol. The molecule has 1 amide bonds. The fourth-order valence-corrected chi connectivity index (χ4v) is 2.57. The molecule has 1 saturated heterocycles. The Morgan fingerprint density at radius 1 is 1.48 bits per heavy atom. The molecule has 1 heterocycles. The van der Waals surface area contributed by atoms with E-state index in [4.69, 9.17) is 32.7 Å². The van der Waals surface area contributed by atoms with Crippen LogP contribution in [0.4, 0.5) is 0 Å². The van der Waals surface area contributed by atoms with Crippen molar-refractivity contribution in [1.82, 2.24) is 10.6 Å². The molecule has 1 fully saturated rings. The zero-order valence-corrected chi connectivity index (χ0v) is 13.2. The van der Waals surface area contributed by atoms with Gasteiger partial charge in [-0.15, -0.1) is 0 Å². The monoisotopic (exact) mass is 332 g/mol. The highest BCUT2D eigenvalue weighted by Crippen LogP contribution is 2.29. The highest BCUT2D eigenvalue weighted by Gasteiger charge is 2.27. The van der Waals surface area contributed by atoms with Gasteiger partial charge in [0.1, 0.15) is 12.7 Å². The molecule has 0 aliphatic carbocycles. The average molecular weight is 333 g/mol. The Kier molecular flexibility index (Phi) is 6.26. The molecule has 1 aromatic carbocycles. The third-order valence-electron chi connectivity index (χ3n) is 3.20. The van der Waals surface area contributed by atoms with Gasteiger partial charge < -0.3 is 20.1 Å². The number of halogens is 2. The zero-order valence-electron chi connectivity index (χ0n) is 11.7. The van der Waals surface area contributed by atoms with Crippen molar-refractivity contribution < 1.29 is 14.3 Å². The Balaban J connectivity index is 2.18. The van der Waals surface area contributed by atoms with Gasteiger partial charge in [-0.2, -0.15) is 0 Å². The molecule has 1 aromatic rings. The summed E-state index contributed by atoms with van der Waals surface area (Å²) in [5.74, 6) is -0.181. The lowest BCUT2D eigenvalue weighted by Crippen LogP contribution is -2.46. The maximum absolute atomic E-state index is 11.8. The van der Waals surface area contributed by atoms with Gasteiger partial charge in [0.2, 0.25) is 5.91 Å². The minimum Gasteiger partial charge on any atom is -0.375 e. The van der Waals surface area contributed by atoms with E-state index in [0.29, 0.717) is 23.2 Å². The number of methoxy groups -OCH3 is 1. The summed E-state index contributed by atoms with van der Waals surface area (Å²) in [7, 11) is 1.48. The second kappa shape index (κ2) is 7.96. The van der Waals surface area contributed by atoms with Crippen LogP contribution < -0.4 is 10.6 Å². The predicted molar refractivity (Wildman–Crippen MR) is 81.8 cm³/mol. The normalized spacial score (nSPS) is 22.6. The summed E-state index contributed by atoms with van der Waals surface area (Å²) in [4.78, 5) is 11.8. The Labute approximate surface area is 133 Å². The van der Waals surface area contributed by atoms with Crippen LogP contribution in [-0.2, 0) is 14.3 Å². The SMILES string of the molecule is COCC(=O)NC1CNCCOC1c1ccc(Cl)c(Cl)c1. The minimum absolute atomic E-state index is 0.0184. The molecule has 0 radical (unpaired) electrons. The number of benzene rings is 1. The number of carbonyl (C=O) groups is 1. The molecule has 2 atom stereocenters. The third-order valence-corrected chi connectivity index (χ3v) is 3.94. The van der Waals surface area contributed by atoms with Gasteiger partial charge in [0.25, 0.3) is 0 Å². The van der Waals surface area contributed by atoms with Gasteiger partial charge in [-0.1, -0.05) is 29.3 Å². The van der Waals surface area contributed by atoms with E-state index < -0.39 is 0 Å². The maximum atomic E-state index is 11.8. The molecule has 116 valence electrons. The van der Waals surface area contributed by atoms with Crippen molar-refractivity contribution in [2.45, 2.75) is 12.1 Å². The number of hydrogen-bond donors (Lipinski definition) is 2. The van der Waals surface area contributed by atoms with Crippen LogP contribution in [0.3, 0.4) is 0 Å². The smallest absolute Gasteiger partial charge is 0.246 e. The molecule has 1 aliphatic rings. The molecule has 5 nitrogen and oxygen atoms in total. The van der Waals surface area contributed by atoms with Gasteiger partial charge in [0.05, 0.1) is 22.7 Å². The van der Waals surface area contributed by atoms with Gasteiger partial charge in [-0.25, -0.2) is 0 Å². The lowest BCUT2D eigenvalue weighted by molar-refractivity contribution is -0.126. The fraction of sp³-hybridized carbons (Fsp3) is 0.500. The van der Waals surface area contributed by atoms with E-state index >= 15 is 0 Å². The molecule has 21 heavy (non-hydrogen) atoms. The van der Waals surface area contributed by atoms with Crippen molar-refractivity contribution >= 4 is 29.1 Å². The number of rotatable bonds is 4. The van der Waals surface area contributed by atoms with E-state index in [1.54, 1.807) is 12.1 Å². The maximum Gasteiger partial charge on any atom is 0.246 e. The van der Waals surface area contributed by atoms with E-state index in [-0.39, 0.29) is 24.7 Å². The standard InChI is InChI=1S/C14H18Cl2N2O3/c1-20-8-13(19)18-12-7-17-4-5-21-14(12)9-2-3-10(15)11(16)6-9/h2-3,6,12,14,17H,4-5,7-8H2,1H3,(H,18,19). The van der Waals surface area contributed by atoms with E-state index in [1.165, 1.54) is 7.11 Å². The number of hydrogen-bond acceptors (Lipinski definition) is 4. The van der Waals surface area contributed by atoms with Crippen molar-refractivity contribution in [2.24, 2.45) is 0 Å². The van der Waals surface area contributed by atoms with E-state index in [9.17, 15) is 4.79 Å². The van der Waals surface area contributed by atoms with Crippen LogP contribution >= 0.6 is 23.2 Å². The van der Waals surface area contributed by atoms with Gasteiger partial charge >= 0.3 is 0 Å². The lowest BCUT2D eigenvalue weighted by atomic mass is 10.0. The predicted octanol–water partition coefficient (Wildman–Crippen LogP) is 1.79. The molecule has 2 unspecified atom stereocenters. The molecule has 0 bridgehead atoms. The Morgan fingerprint density at radius 3 is 3.00 bits per heavy atom. The first-order chi connectivity index (χ1) is 10.1. The van der Waals surface area contributed by atoms with Crippen LogP contribution in [0, 0.1) is 0 Å².